The van der Waals surface area contributed by atoms with E-state index >= 15 is 0 Å². The van der Waals surface area contributed by atoms with Gasteiger partial charge in [0.25, 0.3) is 0 Å². The Morgan fingerprint density at radius 3 is 2.21 bits per heavy atom. The van der Waals surface area contributed by atoms with Crippen molar-refractivity contribution in [3.05, 3.63) is 53.6 Å². The lowest BCUT2D eigenvalue weighted by Crippen LogP contribution is -2.31. The highest BCUT2D eigenvalue weighted by molar-refractivity contribution is 5.77. The number of benzene rings is 2. The van der Waals surface area contributed by atoms with Crippen LogP contribution in [0.15, 0.2) is 47.5 Å². The summed E-state index contributed by atoms with van der Waals surface area (Å²) in [7, 11) is 4.86. The van der Waals surface area contributed by atoms with Crippen LogP contribution in [-0.4, -0.2) is 27.3 Å². The summed E-state index contributed by atoms with van der Waals surface area (Å²) in [5, 5.41) is 3.09. The normalized spacial score (nSPS) is 11.0. The fraction of sp³-hybridized carbons (Fsp3) is 0.278. The van der Waals surface area contributed by atoms with Gasteiger partial charge in [0.1, 0.15) is 5.75 Å². The number of guanidine groups is 1. The van der Waals surface area contributed by atoms with Crippen molar-refractivity contribution in [3.63, 3.8) is 0 Å². The first-order chi connectivity index (χ1) is 11.7. The third-order valence-corrected chi connectivity index (χ3v) is 3.51. The van der Waals surface area contributed by atoms with Gasteiger partial charge in [-0.05, 0) is 35.4 Å². The first kappa shape index (κ1) is 17.5. The summed E-state index contributed by atoms with van der Waals surface area (Å²) in [6.07, 6.45) is 0. The third kappa shape index (κ3) is 4.81. The lowest BCUT2D eigenvalue weighted by molar-refractivity contribution is 0.354. The number of aliphatic imine (C=N–C) groups is 1. The second kappa shape index (κ2) is 8.67. The molecule has 2 aromatic carbocycles. The number of ether oxygens (including phenoxy) is 3. The van der Waals surface area contributed by atoms with Crippen molar-refractivity contribution in [1.29, 1.82) is 0 Å². The van der Waals surface area contributed by atoms with Crippen molar-refractivity contribution < 1.29 is 14.2 Å². The molecule has 0 amide bonds. The molecule has 6 nitrogen and oxygen atoms in total. The number of hydrogen-bond acceptors (Lipinski definition) is 4. The highest BCUT2D eigenvalue weighted by Crippen LogP contribution is 2.27. The Balaban J connectivity index is 1.91. The Bertz CT molecular complexity index is 684. The van der Waals surface area contributed by atoms with Gasteiger partial charge in [-0.15, -0.1) is 0 Å². The fourth-order valence-corrected chi connectivity index (χ4v) is 2.15. The van der Waals surface area contributed by atoms with E-state index in [0.29, 0.717) is 30.5 Å². The van der Waals surface area contributed by atoms with Gasteiger partial charge in [0, 0.05) is 6.54 Å². The molecule has 3 N–H and O–H groups in total. The SMILES string of the molecule is COc1ccc(CNC(N)=NCc2ccc(OC)c(OC)c2)cc1. The van der Waals surface area contributed by atoms with Crippen LogP contribution in [0.1, 0.15) is 11.1 Å². The monoisotopic (exact) mass is 329 g/mol. The summed E-state index contributed by atoms with van der Waals surface area (Å²) < 4.78 is 15.6. The molecule has 6 heteroatoms. The van der Waals surface area contributed by atoms with E-state index in [1.165, 1.54) is 0 Å². The molecule has 0 aliphatic heterocycles. The molecule has 0 radical (unpaired) electrons. The predicted molar refractivity (Wildman–Crippen MR) is 94.7 cm³/mol. The summed E-state index contributed by atoms with van der Waals surface area (Å²) in [6, 6.07) is 13.5. The van der Waals surface area contributed by atoms with E-state index in [2.05, 4.69) is 10.3 Å². The van der Waals surface area contributed by atoms with Crippen molar-refractivity contribution in [2.45, 2.75) is 13.1 Å². The molecule has 0 unspecified atom stereocenters. The average molecular weight is 329 g/mol. The second-order valence-corrected chi connectivity index (χ2v) is 5.09. The average Bonchev–Trinajstić information content (AvgIpc) is 2.64. The van der Waals surface area contributed by atoms with Crippen molar-refractivity contribution >= 4 is 5.96 Å². The van der Waals surface area contributed by atoms with Crippen LogP contribution in [0.3, 0.4) is 0 Å². The number of nitrogens with one attached hydrogen (secondary N) is 1. The molecule has 0 aliphatic rings. The zero-order valence-electron chi connectivity index (χ0n) is 14.2. The van der Waals surface area contributed by atoms with Gasteiger partial charge in [-0.2, -0.15) is 0 Å². The van der Waals surface area contributed by atoms with Crippen molar-refractivity contribution in [1.82, 2.24) is 5.32 Å². The quantitative estimate of drug-likeness (QED) is 0.602. The van der Waals surface area contributed by atoms with Crippen LogP contribution in [0.2, 0.25) is 0 Å². The van der Waals surface area contributed by atoms with Gasteiger partial charge in [0.05, 0.1) is 27.9 Å². The fourth-order valence-electron chi connectivity index (χ4n) is 2.15. The number of nitrogens with zero attached hydrogens (tertiary/aromatic N) is 1. The van der Waals surface area contributed by atoms with Crippen LogP contribution in [-0.2, 0) is 13.1 Å². The summed E-state index contributed by atoms with van der Waals surface area (Å²) in [5.41, 5.74) is 8.00. The number of nitrogens with two attached hydrogens (primary N) is 1. The molecule has 2 rings (SSSR count). The van der Waals surface area contributed by atoms with Gasteiger partial charge >= 0.3 is 0 Å². The number of rotatable bonds is 7. The molecule has 0 bridgehead atoms. The second-order valence-electron chi connectivity index (χ2n) is 5.09. The van der Waals surface area contributed by atoms with E-state index in [1.54, 1.807) is 21.3 Å². The molecule has 2 aromatic rings. The highest BCUT2D eigenvalue weighted by atomic mass is 16.5. The van der Waals surface area contributed by atoms with Crippen LogP contribution in [0.5, 0.6) is 17.2 Å². The minimum absolute atomic E-state index is 0.389. The molecule has 0 aromatic heterocycles. The lowest BCUT2D eigenvalue weighted by atomic mass is 10.2. The highest BCUT2D eigenvalue weighted by Gasteiger charge is 2.04. The van der Waals surface area contributed by atoms with Gasteiger partial charge in [0.2, 0.25) is 0 Å². The first-order valence-corrected chi connectivity index (χ1v) is 7.54. The standard InChI is InChI=1S/C18H23N3O3/c1-22-15-7-4-13(5-8-15)11-20-18(19)21-12-14-6-9-16(23-2)17(10-14)24-3/h4-10H,11-12H2,1-3H3,(H3,19,20,21). The number of hydrogen-bond donors (Lipinski definition) is 2. The topological polar surface area (TPSA) is 78.1 Å². The molecule has 0 fully saturated rings. The molecule has 0 aliphatic carbocycles. The van der Waals surface area contributed by atoms with E-state index in [-0.39, 0.29) is 0 Å². The number of methoxy groups -OCH3 is 3. The van der Waals surface area contributed by atoms with E-state index in [4.69, 9.17) is 19.9 Å². The summed E-state index contributed by atoms with van der Waals surface area (Å²) in [4.78, 5) is 4.34. The minimum Gasteiger partial charge on any atom is -0.497 e. The molecule has 128 valence electrons. The first-order valence-electron chi connectivity index (χ1n) is 7.54. The Hall–Kier alpha value is -2.89. The van der Waals surface area contributed by atoms with Crippen molar-refractivity contribution in [3.8, 4) is 17.2 Å². The maximum Gasteiger partial charge on any atom is 0.189 e. The van der Waals surface area contributed by atoms with Gasteiger partial charge in [-0.25, -0.2) is 4.99 Å². The van der Waals surface area contributed by atoms with E-state index in [1.807, 2.05) is 42.5 Å². The Morgan fingerprint density at radius 2 is 1.58 bits per heavy atom. The zero-order chi connectivity index (χ0) is 17.4. The summed E-state index contributed by atoms with van der Waals surface area (Å²) >= 11 is 0. The van der Waals surface area contributed by atoms with Crippen molar-refractivity contribution in [2.24, 2.45) is 10.7 Å². The summed E-state index contributed by atoms with van der Waals surface area (Å²) in [6.45, 7) is 1.06. The van der Waals surface area contributed by atoms with E-state index < -0.39 is 0 Å². The van der Waals surface area contributed by atoms with Crippen LogP contribution >= 0.6 is 0 Å². The maximum absolute atomic E-state index is 5.91. The van der Waals surface area contributed by atoms with Crippen LogP contribution in [0.4, 0.5) is 0 Å². The van der Waals surface area contributed by atoms with E-state index in [0.717, 1.165) is 16.9 Å². The molecule has 0 saturated carbocycles. The van der Waals surface area contributed by atoms with Crippen LogP contribution in [0, 0.1) is 0 Å². The Labute approximate surface area is 142 Å². The largest absolute Gasteiger partial charge is 0.497 e. The maximum atomic E-state index is 5.91. The Kier molecular flexibility index (Phi) is 6.31. The zero-order valence-corrected chi connectivity index (χ0v) is 14.2. The molecule has 0 heterocycles. The summed E-state index contributed by atoms with van der Waals surface area (Å²) in [5.74, 6) is 2.58. The molecule has 0 saturated heterocycles. The molecule has 0 atom stereocenters. The predicted octanol–water partition coefficient (Wildman–Crippen LogP) is 2.32. The van der Waals surface area contributed by atoms with Crippen molar-refractivity contribution in [2.75, 3.05) is 21.3 Å². The minimum atomic E-state index is 0.389. The molecule has 24 heavy (non-hydrogen) atoms. The Morgan fingerprint density at radius 1 is 0.917 bits per heavy atom. The molecular formula is C18H23N3O3. The molecule has 0 spiro atoms. The molecular weight excluding hydrogens is 306 g/mol. The van der Waals surface area contributed by atoms with Crippen LogP contribution in [0.25, 0.3) is 0 Å². The lowest BCUT2D eigenvalue weighted by Gasteiger charge is -2.09. The van der Waals surface area contributed by atoms with Gasteiger partial charge < -0.3 is 25.3 Å². The van der Waals surface area contributed by atoms with Gasteiger partial charge in [-0.1, -0.05) is 18.2 Å². The van der Waals surface area contributed by atoms with Gasteiger partial charge in [-0.3, -0.25) is 0 Å². The van der Waals surface area contributed by atoms with Gasteiger partial charge in [0.15, 0.2) is 17.5 Å². The smallest absolute Gasteiger partial charge is 0.189 e. The van der Waals surface area contributed by atoms with Crippen LogP contribution < -0.4 is 25.3 Å². The third-order valence-electron chi connectivity index (χ3n) is 3.51. The van der Waals surface area contributed by atoms with E-state index in [9.17, 15) is 0 Å².